The fourth-order valence-corrected chi connectivity index (χ4v) is 6.57. The van der Waals surface area contributed by atoms with E-state index in [4.69, 9.17) is 15.2 Å². The molecule has 0 spiro atoms. The lowest BCUT2D eigenvalue weighted by atomic mass is 9.58. The summed E-state index contributed by atoms with van der Waals surface area (Å²) in [4.78, 5) is 40.9. The van der Waals surface area contributed by atoms with Gasteiger partial charge in [-0.1, -0.05) is 24.3 Å². The van der Waals surface area contributed by atoms with E-state index in [0.717, 1.165) is 5.56 Å². The third-order valence-corrected chi connectivity index (χ3v) is 8.51. The first-order valence-electron chi connectivity index (χ1n) is 13.3. The van der Waals surface area contributed by atoms with E-state index in [9.17, 15) is 34.8 Å². The highest BCUT2D eigenvalue weighted by molar-refractivity contribution is 6.24. The molecule has 11 nitrogen and oxygen atoms in total. The van der Waals surface area contributed by atoms with Crippen molar-refractivity contribution in [1.82, 2.24) is 4.90 Å². The number of hydrogen-bond donors (Lipinski definition) is 5. The zero-order chi connectivity index (χ0) is 30.7. The van der Waals surface area contributed by atoms with Gasteiger partial charge in [0.15, 0.2) is 22.9 Å². The van der Waals surface area contributed by atoms with Crippen LogP contribution in [0, 0.1) is 11.8 Å². The number of phenols is 1. The summed E-state index contributed by atoms with van der Waals surface area (Å²) >= 11 is 0. The molecule has 0 saturated carbocycles. The number of aromatic hydroxyl groups is 1. The number of carbonyl (C=O) groups is 3. The lowest BCUT2D eigenvalue weighted by Gasteiger charge is -2.50. The number of Topliss-reactive ketones (excluding diaryl/α,β-unsaturated/α-hetero) is 2. The molecular formula is C31H32N2O9. The Labute approximate surface area is 241 Å². The summed E-state index contributed by atoms with van der Waals surface area (Å²) in [6.07, 6.45) is 3.81. The molecule has 42 heavy (non-hydrogen) atoms. The zero-order valence-corrected chi connectivity index (χ0v) is 23.5. The van der Waals surface area contributed by atoms with E-state index in [2.05, 4.69) is 0 Å². The molecule has 2 aromatic carbocycles. The highest BCUT2D eigenvalue weighted by Crippen LogP contribution is 2.52. The number of primary amides is 1. The minimum atomic E-state index is -2.68. The summed E-state index contributed by atoms with van der Waals surface area (Å²) in [6.45, 7) is 0. The van der Waals surface area contributed by atoms with Crippen molar-refractivity contribution in [1.29, 1.82) is 0 Å². The summed E-state index contributed by atoms with van der Waals surface area (Å²) < 4.78 is 10.7. The number of fused-ring (bicyclic) bond motifs is 3. The lowest BCUT2D eigenvalue weighted by Crippen LogP contribution is -2.63. The van der Waals surface area contributed by atoms with E-state index >= 15 is 0 Å². The van der Waals surface area contributed by atoms with Crippen molar-refractivity contribution in [3.05, 3.63) is 75.3 Å². The van der Waals surface area contributed by atoms with Crippen LogP contribution in [-0.2, 0) is 16.0 Å². The second-order valence-electron chi connectivity index (χ2n) is 10.9. The molecule has 2 aromatic rings. The van der Waals surface area contributed by atoms with Crippen molar-refractivity contribution in [2.45, 2.75) is 24.5 Å². The van der Waals surface area contributed by atoms with E-state index in [1.165, 1.54) is 25.2 Å². The fourth-order valence-electron chi connectivity index (χ4n) is 6.57. The van der Waals surface area contributed by atoms with Gasteiger partial charge in [-0.05, 0) is 67.7 Å². The first-order valence-corrected chi connectivity index (χ1v) is 13.3. The van der Waals surface area contributed by atoms with Crippen molar-refractivity contribution >= 4 is 29.6 Å². The molecule has 0 aromatic heterocycles. The van der Waals surface area contributed by atoms with Crippen molar-refractivity contribution < 1.29 is 44.3 Å². The molecule has 1 amide bonds. The number of rotatable bonds is 6. The maximum absolute atomic E-state index is 13.9. The number of phenolic OH excluding ortho intramolecular Hbond substituents is 1. The molecule has 0 bridgehead atoms. The maximum Gasteiger partial charge on any atom is 0.255 e. The Morgan fingerprint density at radius 2 is 1.74 bits per heavy atom. The van der Waals surface area contributed by atoms with Gasteiger partial charge in [0, 0.05) is 11.5 Å². The number of ketones is 2. The van der Waals surface area contributed by atoms with Crippen LogP contribution in [0.3, 0.4) is 0 Å². The van der Waals surface area contributed by atoms with Crippen LogP contribution >= 0.6 is 0 Å². The number of ether oxygens (including phenoxy) is 2. The molecule has 220 valence electrons. The van der Waals surface area contributed by atoms with Gasteiger partial charge in [0.05, 0.1) is 25.8 Å². The first-order chi connectivity index (χ1) is 19.9. The van der Waals surface area contributed by atoms with Crippen molar-refractivity contribution in [2.75, 3.05) is 28.3 Å². The predicted molar refractivity (Wildman–Crippen MR) is 152 cm³/mol. The van der Waals surface area contributed by atoms with Crippen LogP contribution in [0.5, 0.6) is 17.2 Å². The van der Waals surface area contributed by atoms with Crippen molar-refractivity contribution in [3.8, 4) is 17.2 Å². The van der Waals surface area contributed by atoms with Crippen LogP contribution in [0.1, 0.15) is 33.5 Å². The number of nitrogens with two attached hydrogens (primary N) is 1. The molecule has 6 N–H and O–H groups in total. The maximum atomic E-state index is 13.9. The van der Waals surface area contributed by atoms with Gasteiger partial charge in [-0.25, -0.2) is 0 Å². The number of aliphatic hydroxyl groups is 3. The monoisotopic (exact) mass is 576 g/mol. The predicted octanol–water partition coefficient (Wildman–Crippen LogP) is 2.31. The number of amides is 1. The highest BCUT2D eigenvalue weighted by atomic mass is 16.5. The Morgan fingerprint density at radius 1 is 1.05 bits per heavy atom. The second kappa shape index (κ2) is 10.3. The lowest BCUT2D eigenvalue weighted by molar-refractivity contribution is -0.148. The molecule has 0 unspecified atom stereocenters. The summed E-state index contributed by atoms with van der Waals surface area (Å²) in [7, 11) is 6.24. The minimum absolute atomic E-state index is 0.0141. The van der Waals surface area contributed by atoms with Gasteiger partial charge in [0.1, 0.15) is 22.8 Å². The SMILES string of the molecule is COc1ccc(/C=C/c2ccc(O)c3c2C[C@H]2C[C@H]4[C@H](N(C)C)C(O)=C(C(N)=O)C(=O)[C@@]4(O)C(O)=C2C3=O)cc1OC. The molecule has 11 heteroatoms. The van der Waals surface area contributed by atoms with E-state index in [1.54, 1.807) is 38.4 Å². The number of methoxy groups -OCH3 is 2. The topological polar surface area (TPSA) is 180 Å². The Morgan fingerprint density at radius 3 is 2.36 bits per heavy atom. The summed E-state index contributed by atoms with van der Waals surface area (Å²) in [5, 5.41) is 44.8. The number of allylic oxidation sites excluding steroid dienone is 1. The molecule has 0 fully saturated rings. The third kappa shape index (κ3) is 4.15. The Hall–Kier alpha value is -4.61. The van der Waals surface area contributed by atoms with Crippen molar-refractivity contribution in [2.24, 2.45) is 17.6 Å². The van der Waals surface area contributed by atoms with Crippen LogP contribution in [0.15, 0.2) is 53.0 Å². The van der Waals surface area contributed by atoms with E-state index in [-0.39, 0.29) is 29.7 Å². The molecule has 5 rings (SSSR count). The number of benzene rings is 2. The van der Waals surface area contributed by atoms with Gasteiger partial charge in [-0.3, -0.25) is 19.3 Å². The second-order valence-corrected chi connectivity index (χ2v) is 10.9. The Balaban J connectivity index is 1.62. The molecule has 0 heterocycles. The summed E-state index contributed by atoms with van der Waals surface area (Å²) in [5.74, 6) is -5.74. The number of likely N-dealkylation sites (N-methyl/N-ethyl adjacent to an activating group) is 1. The highest BCUT2D eigenvalue weighted by Gasteiger charge is 2.63. The van der Waals surface area contributed by atoms with Gasteiger partial charge in [0.25, 0.3) is 5.91 Å². The Bertz CT molecular complexity index is 1620. The zero-order valence-electron chi connectivity index (χ0n) is 23.5. The van der Waals surface area contributed by atoms with E-state index in [1.807, 2.05) is 12.1 Å². The Kier molecular flexibility index (Phi) is 7.12. The average Bonchev–Trinajstić information content (AvgIpc) is 2.94. The smallest absolute Gasteiger partial charge is 0.255 e. The molecule has 0 saturated heterocycles. The van der Waals surface area contributed by atoms with Gasteiger partial charge >= 0.3 is 0 Å². The quantitative estimate of drug-likeness (QED) is 0.253. The van der Waals surface area contributed by atoms with E-state index in [0.29, 0.717) is 22.6 Å². The molecule has 3 aliphatic rings. The van der Waals surface area contributed by atoms with E-state index < -0.39 is 58.0 Å². The number of aliphatic hydroxyl groups excluding tert-OH is 2. The standard InChI is InChI=1S/C31H32N2O9/c1-33(2)25-18-13-16-12-17-15(7-5-14-6-10-20(41-3)21(11-14)42-4)8-9-19(34)23(17)26(35)22(16)28(37)31(18,40)29(38)24(27(25)36)30(32)39/h5-11,16,18,25,34,36-37,40H,12-13H2,1-4H3,(H2,32,39)/b7-5+/t16-,18-,25-,31-/m0/s1. The number of carbonyl (C=O) groups excluding carboxylic acids is 3. The number of nitrogens with zero attached hydrogens (tertiary/aromatic N) is 1. The summed E-state index contributed by atoms with van der Waals surface area (Å²) in [6, 6.07) is 7.37. The van der Waals surface area contributed by atoms with Gasteiger partial charge < -0.3 is 35.6 Å². The molecule has 3 aliphatic carbocycles. The fraction of sp³-hybridized carbons (Fsp3) is 0.323. The minimum Gasteiger partial charge on any atom is -0.510 e. The molecular weight excluding hydrogens is 544 g/mol. The van der Waals surface area contributed by atoms with Crippen LogP contribution in [0.25, 0.3) is 12.2 Å². The van der Waals surface area contributed by atoms with Gasteiger partial charge in [0.2, 0.25) is 5.78 Å². The normalized spacial score (nSPS) is 25.4. The van der Waals surface area contributed by atoms with Crippen LogP contribution in [0.2, 0.25) is 0 Å². The molecule has 0 radical (unpaired) electrons. The third-order valence-electron chi connectivity index (χ3n) is 8.51. The summed E-state index contributed by atoms with van der Waals surface area (Å²) in [5.41, 5.74) is 3.57. The average molecular weight is 577 g/mol. The first kappa shape index (κ1) is 28.9. The molecule has 4 atom stereocenters. The van der Waals surface area contributed by atoms with Crippen molar-refractivity contribution in [3.63, 3.8) is 0 Å². The largest absolute Gasteiger partial charge is 0.510 e. The molecule has 0 aliphatic heterocycles. The van der Waals surface area contributed by atoms with Crippen LogP contribution < -0.4 is 15.2 Å². The van der Waals surface area contributed by atoms with Crippen LogP contribution in [-0.4, -0.2) is 82.8 Å². The van der Waals surface area contributed by atoms with Gasteiger partial charge in [-0.2, -0.15) is 0 Å². The number of hydrogen-bond acceptors (Lipinski definition) is 10. The van der Waals surface area contributed by atoms with Crippen LogP contribution in [0.4, 0.5) is 0 Å². The van der Waals surface area contributed by atoms with Gasteiger partial charge in [-0.15, -0.1) is 0 Å².